The highest BCUT2D eigenvalue weighted by Gasteiger charge is 2.15. The third kappa shape index (κ3) is 6.58. The van der Waals surface area contributed by atoms with Gasteiger partial charge < -0.3 is 25.0 Å². The Morgan fingerprint density at radius 2 is 1.62 bits per heavy atom. The van der Waals surface area contributed by atoms with Gasteiger partial charge in [-0.15, -0.1) is 0 Å². The molecule has 0 spiro atoms. The van der Waals surface area contributed by atoms with Crippen LogP contribution in [-0.4, -0.2) is 44.7 Å². The summed E-state index contributed by atoms with van der Waals surface area (Å²) in [4.78, 5) is 25.6. The van der Waals surface area contributed by atoms with Gasteiger partial charge in [-0.05, 0) is 36.8 Å². The fourth-order valence-electron chi connectivity index (χ4n) is 3.15. The predicted octanol–water partition coefficient (Wildman–Crippen LogP) is 0.755. The maximum Gasteiger partial charge on any atom is 0.313 e. The smallest absolute Gasteiger partial charge is 0.313 e. The topological polar surface area (TPSA) is 81.1 Å². The molecule has 0 unspecified atom stereocenters. The molecule has 0 saturated carbocycles. The van der Waals surface area contributed by atoms with E-state index in [2.05, 4.69) is 22.8 Å². The van der Waals surface area contributed by atoms with E-state index in [0.29, 0.717) is 24.6 Å². The van der Waals surface area contributed by atoms with Gasteiger partial charge in [0.25, 0.3) is 0 Å². The normalized spacial score (nSPS) is 14.2. The van der Waals surface area contributed by atoms with Gasteiger partial charge in [0.15, 0.2) is 0 Å². The number of ether oxygens (including phenoxy) is 2. The molecule has 1 heterocycles. The van der Waals surface area contributed by atoms with Crippen molar-refractivity contribution in [2.24, 2.45) is 0 Å². The second-order valence-electron chi connectivity index (χ2n) is 6.95. The maximum atomic E-state index is 12.1. The average Bonchev–Trinajstić information content (AvgIpc) is 2.75. The van der Waals surface area contributed by atoms with Crippen molar-refractivity contribution in [2.75, 3.05) is 38.2 Å². The van der Waals surface area contributed by atoms with E-state index in [1.54, 1.807) is 24.3 Å². The number of hydrogen-bond donors (Lipinski definition) is 3. The molecule has 0 aliphatic carbocycles. The Kier molecular flexibility index (Phi) is 7.61. The van der Waals surface area contributed by atoms with E-state index in [1.807, 2.05) is 19.1 Å². The lowest BCUT2D eigenvalue weighted by molar-refractivity contribution is -0.921. The van der Waals surface area contributed by atoms with Crippen LogP contribution in [0.2, 0.25) is 0 Å². The summed E-state index contributed by atoms with van der Waals surface area (Å²) in [6.07, 6.45) is 0. The second kappa shape index (κ2) is 10.6. The first-order valence-corrected chi connectivity index (χ1v) is 9.95. The van der Waals surface area contributed by atoms with Crippen LogP contribution >= 0.6 is 0 Å². The molecule has 3 N–H and O–H groups in total. The van der Waals surface area contributed by atoms with Gasteiger partial charge in [-0.3, -0.25) is 9.59 Å². The summed E-state index contributed by atoms with van der Waals surface area (Å²) in [5, 5.41) is 5.24. The second-order valence-corrected chi connectivity index (χ2v) is 6.95. The molecule has 2 aromatic carbocycles. The van der Waals surface area contributed by atoms with Crippen LogP contribution in [0.1, 0.15) is 18.1 Å². The average molecular weight is 398 g/mol. The summed E-state index contributed by atoms with van der Waals surface area (Å²) in [6.45, 7) is 7.45. The van der Waals surface area contributed by atoms with Crippen LogP contribution in [0.25, 0.3) is 0 Å². The van der Waals surface area contributed by atoms with Gasteiger partial charge in [0.2, 0.25) is 0 Å². The highest BCUT2D eigenvalue weighted by Crippen LogP contribution is 2.15. The number of nitrogens with one attached hydrogen (secondary N) is 3. The van der Waals surface area contributed by atoms with E-state index in [-0.39, 0.29) is 0 Å². The van der Waals surface area contributed by atoms with Gasteiger partial charge in [0.05, 0.1) is 19.8 Å². The molecule has 0 atom stereocenters. The Hall–Kier alpha value is -2.90. The van der Waals surface area contributed by atoms with Gasteiger partial charge in [-0.25, -0.2) is 0 Å². The quantitative estimate of drug-likeness (QED) is 0.602. The molecule has 3 rings (SSSR count). The van der Waals surface area contributed by atoms with Crippen molar-refractivity contribution < 1.29 is 24.0 Å². The van der Waals surface area contributed by atoms with E-state index in [0.717, 1.165) is 38.4 Å². The SMILES string of the molecule is CCOc1ccc(NC(=O)C(=O)NCc2ccc(C[NH+]3CCOCC3)cc2)cc1. The zero-order chi connectivity index (χ0) is 20.5. The van der Waals surface area contributed by atoms with Crippen molar-refractivity contribution >= 4 is 17.5 Å². The van der Waals surface area contributed by atoms with Gasteiger partial charge in [0.1, 0.15) is 25.4 Å². The highest BCUT2D eigenvalue weighted by molar-refractivity contribution is 6.39. The number of quaternary nitrogens is 1. The molecule has 2 aromatic rings. The van der Waals surface area contributed by atoms with Crippen molar-refractivity contribution in [3.05, 3.63) is 59.7 Å². The van der Waals surface area contributed by atoms with E-state index in [4.69, 9.17) is 9.47 Å². The van der Waals surface area contributed by atoms with Gasteiger partial charge >= 0.3 is 11.8 Å². The summed E-state index contributed by atoms with van der Waals surface area (Å²) in [7, 11) is 0. The molecule has 1 fully saturated rings. The van der Waals surface area contributed by atoms with Crippen LogP contribution < -0.4 is 20.3 Å². The van der Waals surface area contributed by atoms with E-state index >= 15 is 0 Å². The van der Waals surface area contributed by atoms with Gasteiger partial charge in [0, 0.05) is 17.8 Å². The summed E-state index contributed by atoms with van der Waals surface area (Å²) in [5.74, 6) is -0.643. The molecule has 0 radical (unpaired) electrons. The third-order valence-corrected chi connectivity index (χ3v) is 4.76. The zero-order valence-corrected chi connectivity index (χ0v) is 16.7. The molecular weight excluding hydrogens is 370 g/mol. The van der Waals surface area contributed by atoms with Crippen LogP contribution in [0, 0.1) is 0 Å². The van der Waals surface area contributed by atoms with Crippen LogP contribution in [0.15, 0.2) is 48.5 Å². The molecule has 0 bridgehead atoms. The Morgan fingerprint density at radius 1 is 0.966 bits per heavy atom. The van der Waals surface area contributed by atoms with Crippen molar-refractivity contribution in [1.29, 1.82) is 0 Å². The lowest BCUT2D eigenvalue weighted by Crippen LogP contribution is -3.12. The minimum absolute atomic E-state index is 0.306. The van der Waals surface area contributed by atoms with E-state index in [9.17, 15) is 9.59 Å². The van der Waals surface area contributed by atoms with Crippen molar-refractivity contribution in [3.8, 4) is 5.75 Å². The first kappa shape index (κ1) is 20.8. The van der Waals surface area contributed by atoms with Crippen molar-refractivity contribution in [3.63, 3.8) is 0 Å². The largest absolute Gasteiger partial charge is 0.494 e. The lowest BCUT2D eigenvalue weighted by Gasteiger charge is -2.23. The van der Waals surface area contributed by atoms with Gasteiger partial charge in [-0.2, -0.15) is 0 Å². The first-order chi connectivity index (χ1) is 14.1. The molecule has 1 aliphatic rings. The Balaban J connectivity index is 1.43. The number of carbonyl (C=O) groups excluding carboxylic acids is 2. The molecule has 29 heavy (non-hydrogen) atoms. The number of carbonyl (C=O) groups is 2. The monoisotopic (exact) mass is 398 g/mol. The van der Waals surface area contributed by atoms with Crippen molar-refractivity contribution in [1.82, 2.24) is 5.32 Å². The zero-order valence-electron chi connectivity index (χ0n) is 16.7. The van der Waals surface area contributed by atoms with Gasteiger partial charge in [-0.1, -0.05) is 24.3 Å². The predicted molar refractivity (Wildman–Crippen MR) is 110 cm³/mol. The number of benzene rings is 2. The molecule has 7 heteroatoms. The fraction of sp³-hybridized carbons (Fsp3) is 0.364. The number of amides is 2. The lowest BCUT2D eigenvalue weighted by atomic mass is 10.1. The minimum Gasteiger partial charge on any atom is -0.494 e. The van der Waals surface area contributed by atoms with Crippen LogP contribution in [0.3, 0.4) is 0 Å². The number of anilines is 1. The first-order valence-electron chi connectivity index (χ1n) is 9.95. The molecule has 1 saturated heterocycles. The Morgan fingerprint density at radius 3 is 2.28 bits per heavy atom. The summed E-state index contributed by atoms with van der Waals surface area (Å²) < 4.78 is 10.7. The molecule has 2 amide bonds. The third-order valence-electron chi connectivity index (χ3n) is 4.76. The summed E-state index contributed by atoms with van der Waals surface area (Å²) in [5.41, 5.74) is 2.75. The Labute approximate surface area is 171 Å². The highest BCUT2D eigenvalue weighted by atomic mass is 16.5. The van der Waals surface area contributed by atoms with Crippen LogP contribution in [-0.2, 0) is 27.4 Å². The van der Waals surface area contributed by atoms with E-state index in [1.165, 1.54) is 10.5 Å². The van der Waals surface area contributed by atoms with Crippen LogP contribution in [0.4, 0.5) is 5.69 Å². The molecule has 154 valence electrons. The molecule has 7 nitrogen and oxygen atoms in total. The molecular formula is C22H28N3O4+. The number of morpholine rings is 1. The minimum atomic E-state index is -0.693. The molecule has 1 aliphatic heterocycles. The van der Waals surface area contributed by atoms with Crippen molar-refractivity contribution in [2.45, 2.75) is 20.0 Å². The standard InChI is InChI=1S/C22H27N3O4/c1-2-29-20-9-7-19(8-10-20)24-22(27)21(26)23-15-17-3-5-18(6-4-17)16-25-11-13-28-14-12-25/h3-10H,2,11-16H2,1H3,(H,23,26)(H,24,27)/p+1. The van der Waals surface area contributed by atoms with Crippen LogP contribution in [0.5, 0.6) is 5.75 Å². The summed E-state index contributed by atoms with van der Waals surface area (Å²) >= 11 is 0. The summed E-state index contributed by atoms with van der Waals surface area (Å²) in [6, 6.07) is 15.0. The fourth-order valence-corrected chi connectivity index (χ4v) is 3.15. The Bertz CT molecular complexity index is 800. The number of hydrogen-bond acceptors (Lipinski definition) is 4. The maximum absolute atomic E-state index is 12.1. The van der Waals surface area contributed by atoms with E-state index < -0.39 is 11.8 Å². The molecule has 0 aromatic heterocycles. The number of rotatable bonds is 7.